The molecule has 0 saturated carbocycles. The van der Waals surface area contributed by atoms with Gasteiger partial charge in [-0.05, 0) is 55.0 Å². The van der Waals surface area contributed by atoms with Crippen LogP contribution in [-0.4, -0.2) is 37.5 Å². The van der Waals surface area contributed by atoms with Gasteiger partial charge >= 0.3 is 0 Å². The van der Waals surface area contributed by atoms with Gasteiger partial charge in [0.25, 0.3) is 10.2 Å². The minimum absolute atomic E-state index is 0.0597. The van der Waals surface area contributed by atoms with Crippen LogP contribution in [0.1, 0.15) is 42.2 Å². The minimum atomic E-state index is -3.47. The Morgan fingerprint density at radius 3 is 3.05 bits per heavy atom. The lowest BCUT2D eigenvalue weighted by atomic mass is 9.95. The van der Waals surface area contributed by atoms with Crippen molar-refractivity contribution in [1.29, 1.82) is 0 Å². The molecule has 1 aromatic heterocycles. The van der Waals surface area contributed by atoms with E-state index in [0.717, 1.165) is 37.7 Å². The molecule has 0 aromatic carbocycles. The molecule has 1 aliphatic heterocycles. The van der Waals surface area contributed by atoms with Gasteiger partial charge in [0.15, 0.2) is 0 Å². The van der Waals surface area contributed by atoms with Gasteiger partial charge in [-0.1, -0.05) is 0 Å². The molecule has 0 spiro atoms. The number of fused-ring (bicyclic) bond motifs is 1. The number of nitrogens with one attached hydrogen (secondary N) is 1. The normalized spacial score (nSPS) is 27.5. The monoisotopic (exact) mass is 330 g/mol. The number of thiophene rings is 1. The average Bonchev–Trinajstić information content (AvgIpc) is 2.97. The van der Waals surface area contributed by atoms with E-state index in [4.69, 9.17) is 0 Å². The minimum Gasteiger partial charge on any atom is -0.396 e. The Hall–Kier alpha value is -0.470. The molecule has 2 atom stereocenters. The summed E-state index contributed by atoms with van der Waals surface area (Å²) in [5.74, 6) is 0.0680. The maximum absolute atomic E-state index is 12.6. The van der Waals surface area contributed by atoms with Gasteiger partial charge in [-0.25, -0.2) is 0 Å². The van der Waals surface area contributed by atoms with Gasteiger partial charge in [0.2, 0.25) is 0 Å². The molecule has 0 amide bonds. The van der Waals surface area contributed by atoms with Crippen LogP contribution in [0.3, 0.4) is 0 Å². The predicted molar refractivity (Wildman–Crippen MR) is 83.4 cm³/mol. The van der Waals surface area contributed by atoms with Gasteiger partial charge in [-0.3, -0.25) is 0 Å². The van der Waals surface area contributed by atoms with Crippen molar-refractivity contribution in [2.45, 2.75) is 38.1 Å². The van der Waals surface area contributed by atoms with E-state index >= 15 is 0 Å². The van der Waals surface area contributed by atoms with Crippen molar-refractivity contribution in [1.82, 2.24) is 9.03 Å². The van der Waals surface area contributed by atoms with Gasteiger partial charge in [0.1, 0.15) is 0 Å². The molecule has 5 nitrogen and oxygen atoms in total. The van der Waals surface area contributed by atoms with Crippen molar-refractivity contribution in [2.24, 2.45) is 5.92 Å². The Kier molecular flexibility index (Phi) is 4.66. The molecular weight excluding hydrogens is 308 g/mol. The summed E-state index contributed by atoms with van der Waals surface area (Å²) in [5.41, 5.74) is 1.14. The zero-order chi connectivity index (χ0) is 14.9. The first-order chi connectivity index (χ1) is 10.1. The molecule has 7 heteroatoms. The van der Waals surface area contributed by atoms with Crippen LogP contribution in [-0.2, 0) is 16.6 Å². The number of nitrogens with zero attached hydrogens (tertiary/aromatic N) is 1. The molecule has 21 heavy (non-hydrogen) atoms. The number of piperidine rings is 1. The third-order valence-electron chi connectivity index (χ3n) is 4.42. The Morgan fingerprint density at radius 1 is 1.38 bits per heavy atom. The standard InChI is InChI=1S/C14H22N2O3S2/c17-10-11-3-2-7-16(9-11)21(18,19)15-13-4-1-5-14-12(13)6-8-20-14/h6,8,11,13,15,17H,1-5,7,9-10H2. The Bertz CT molecular complexity index is 585. The first-order valence-corrected chi connectivity index (χ1v) is 9.86. The second-order valence-electron chi connectivity index (χ2n) is 5.92. The molecule has 1 aliphatic carbocycles. The van der Waals surface area contributed by atoms with Crippen LogP contribution in [0.4, 0.5) is 0 Å². The summed E-state index contributed by atoms with van der Waals surface area (Å²) in [6.07, 6.45) is 4.67. The van der Waals surface area contributed by atoms with Crippen molar-refractivity contribution in [3.8, 4) is 0 Å². The summed E-state index contributed by atoms with van der Waals surface area (Å²) in [4.78, 5) is 1.31. The highest BCUT2D eigenvalue weighted by Gasteiger charge is 2.32. The van der Waals surface area contributed by atoms with Crippen LogP contribution < -0.4 is 4.72 Å². The molecule has 1 saturated heterocycles. The SMILES string of the molecule is O=S(=O)(NC1CCCc2sccc21)N1CCCC(CO)C1. The third kappa shape index (κ3) is 3.32. The van der Waals surface area contributed by atoms with E-state index < -0.39 is 10.2 Å². The fourth-order valence-electron chi connectivity index (χ4n) is 3.26. The molecule has 0 bridgehead atoms. The first-order valence-electron chi connectivity index (χ1n) is 7.54. The van der Waals surface area contributed by atoms with Crippen molar-refractivity contribution >= 4 is 21.5 Å². The van der Waals surface area contributed by atoms with E-state index in [2.05, 4.69) is 4.72 Å². The highest BCUT2D eigenvalue weighted by atomic mass is 32.2. The van der Waals surface area contributed by atoms with Crippen LogP contribution in [0.2, 0.25) is 0 Å². The largest absolute Gasteiger partial charge is 0.396 e. The third-order valence-corrected chi connectivity index (χ3v) is 7.01. The summed E-state index contributed by atoms with van der Waals surface area (Å²) >= 11 is 1.71. The van der Waals surface area contributed by atoms with Crippen molar-refractivity contribution in [3.63, 3.8) is 0 Å². The van der Waals surface area contributed by atoms with Crippen LogP contribution in [0.25, 0.3) is 0 Å². The lowest BCUT2D eigenvalue weighted by Gasteiger charge is -2.33. The van der Waals surface area contributed by atoms with Crippen molar-refractivity contribution in [3.05, 3.63) is 21.9 Å². The molecular formula is C14H22N2O3S2. The Balaban J connectivity index is 1.72. The van der Waals surface area contributed by atoms with E-state index in [-0.39, 0.29) is 18.6 Å². The van der Waals surface area contributed by atoms with E-state index in [1.54, 1.807) is 11.3 Å². The number of rotatable bonds is 4. The van der Waals surface area contributed by atoms with E-state index in [9.17, 15) is 13.5 Å². The summed E-state index contributed by atoms with van der Waals surface area (Å²) in [6.45, 7) is 1.04. The van der Waals surface area contributed by atoms with Crippen LogP contribution in [0, 0.1) is 5.92 Å². The number of hydrogen-bond donors (Lipinski definition) is 2. The fraction of sp³-hybridized carbons (Fsp3) is 0.714. The second kappa shape index (κ2) is 6.34. The predicted octanol–water partition coefficient (Wildman–Crippen LogP) is 1.66. The molecule has 2 N–H and O–H groups in total. The van der Waals surface area contributed by atoms with Crippen LogP contribution >= 0.6 is 11.3 Å². The lowest BCUT2D eigenvalue weighted by Crippen LogP contribution is -2.47. The molecule has 1 aromatic rings. The molecule has 2 heterocycles. The summed E-state index contributed by atoms with van der Waals surface area (Å²) in [5, 5.41) is 11.3. The van der Waals surface area contributed by atoms with Crippen molar-refractivity contribution < 1.29 is 13.5 Å². The van der Waals surface area contributed by atoms with E-state index in [1.807, 2.05) is 11.4 Å². The summed E-state index contributed by atoms with van der Waals surface area (Å²) in [7, 11) is -3.47. The van der Waals surface area contributed by atoms with Crippen LogP contribution in [0.5, 0.6) is 0 Å². The van der Waals surface area contributed by atoms with E-state index in [1.165, 1.54) is 9.18 Å². The maximum Gasteiger partial charge on any atom is 0.280 e. The maximum atomic E-state index is 12.6. The van der Waals surface area contributed by atoms with Gasteiger partial charge in [0, 0.05) is 30.6 Å². The molecule has 118 valence electrons. The number of aryl methyl sites for hydroxylation is 1. The average molecular weight is 330 g/mol. The molecule has 2 unspecified atom stereocenters. The second-order valence-corrected chi connectivity index (χ2v) is 8.62. The van der Waals surface area contributed by atoms with Crippen LogP contribution in [0.15, 0.2) is 11.4 Å². The Morgan fingerprint density at radius 2 is 2.24 bits per heavy atom. The number of aliphatic hydroxyl groups is 1. The number of hydrogen-bond acceptors (Lipinski definition) is 4. The molecule has 0 radical (unpaired) electrons. The molecule has 2 aliphatic rings. The summed E-state index contributed by atoms with van der Waals surface area (Å²) < 4.78 is 29.5. The smallest absolute Gasteiger partial charge is 0.280 e. The van der Waals surface area contributed by atoms with Gasteiger partial charge < -0.3 is 5.11 Å². The number of aliphatic hydroxyl groups excluding tert-OH is 1. The Labute approximate surface area is 130 Å². The molecule has 1 fully saturated rings. The van der Waals surface area contributed by atoms with Gasteiger partial charge in [-0.15, -0.1) is 11.3 Å². The quantitative estimate of drug-likeness (QED) is 0.882. The topological polar surface area (TPSA) is 69.6 Å². The highest BCUT2D eigenvalue weighted by molar-refractivity contribution is 7.87. The lowest BCUT2D eigenvalue weighted by molar-refractivity contribution is 0.164. The fourth-order valence-corrected chi connectivity index (χ4v) is 5.77. The zero-order valence-electron chi connectivity index (χ0n) is 12.0. The highest BCUT2D eigenvalue weighted by Crippen LogP contribution is 2.34. The molecule has 3 rings (SSSR count). The van der Waals surface area contributed by atoms with Gasteiger partial charge in [-0.2, -0.15) is 17.4 Å². The first kappa shape index (κ1) is 15.4. The summed E-state index contributed by atoms with van der Waals surface area (Å²) in [6, 6.07) is 1.94. The zero-order valence-corrected chi connectivity index (χ0v) is 13.6. The van der Waals surface area contributed by atoms with Crippen molar-refractivity contribution in [2.75, 3.05) is 19.7 Å². The van der Waals surface area contributed by atoms with E-state index in [0.29, 0.717) is 13.1 Å². The van der Waals surface area contributed by atoms with Gasteiger partial charge in [0.05, 0.1) is 0 Å².